The van der Waals surface area contributed by atoms with Gasteiger partial charge in [-0.05, 0) is 24.3 Å². The van der Waals surface area contributed by atoms with Gasteiger partial charge in [0, 0.05) is 23.2 Å². The summed E-state index contributed by atoms with van der Waals surface area (Å²) in [6.45, 7) is 0. The van der Waals surface area contributed by atoms with Gasteiger partial charge in [0.2, 0.25) is 0 Å². The lowest BCUT2D eigenvalue weighted by Gasteiger charge is -2.06. The van der Waals surface area contributed by atoms with Crippen LogP contribution < -0.4 is 4.74 Å². The molecule has 0 saturated heterocycles. The van der Waals surface area contributed by atoms with Gasteiger partial charge < -0.3 is 9.72 Å². The summed E-state index contributed by atoms with van der Waals surface area (Å²) in [5.41, 5.74) is 0.287. The molecule has 0 saturated carbocycles. The highest BCUT2D eigenvalue weighted by Gasteiger charge is 2.22. The Morgan fingerprint density at radius 1 is 1.17 bits per heavy atom. The van der Waals surface area contributed by atoms with E-state index in [0.29, 0.717) is 16.7 Å². The van der Waals surface area contributed by atoms with Crippen LogP contribution in [-0.4, -0.2) is 20.5 Å². The van der Waals surface area contributed by atoms with Crippen molar-refractivity contribution in [2.24, 2.45) is 0 Å². The lowest BCUT2D eigenvalue weighted by Crippen LogP contribution is -2.06. The Morgan fingerprint density at radius 2 is 1.92 bits per heavy atom. The third-order valence-corrected chi connectivity index (χ3v) is 5.61. The molecule has 0 radical (unpaired) electrons. The number of sulfone groups is 1. The Morgan fingerprint density at radius 3 is 2.62 bits per heavy atom. The minimum atomic E-state index is -3.89. The van der Waals surface area contributed by atoms with Crippen molar-refractivity contribution in [1.29, 1.82) is 0 Å². The van der Waals surface area contributed by atoms with Crippen molar-refractivity contribution in [3.63, 3.8) is 0 Å². The maximum Gasteiger partial charge on any atom is 0.184 e. The molecule has 0 bridgehead atoms. The lowest BCUT2D eigenvalue weighted by atomic mass is 10.2. The van der Waals surface area contributed by atoms with E-state index in [-0.39, 0.29) is 10.5 Å². The first-order valence-corrected chi connectivity index (χ1v) is 8.86. The summed E-state index contributed by atoms with van der Waals surface area (Å²) in [6.07, 6.45) is 1.32. The summed E-state index contributed by atoms with van der Waals surface area (Å²) < 4.78 is 57.7. The first-order valence-electron chi connectivity index (χ1n) is 6.83. The van der Waals surface area contributed by atoms with Crippen molar-refractivity contribution in [2.45, 2.75) is 10.6 Å². The van der Waals surface area contributed by atoms with Crippen molar-refractivity contribution in [3.8, 4) is 5.75 Å². The summed E-state index contributed by atoms with van der Waals surface area (Å²) in [6, 6.07) is 6.43. The molecule has 0 spiro atoms. The van der Waals surface area contributed by atoms with E-state index in [2.05, 4.69) is 4.98 Å². The smallest absolute Gasteiger partial charge is 0.184 e. The molecule has 0 aliphatic carbocycles. The zero-order chi connectivity index (χ0) is 17.5. The molecule has 1 N–H and O–H groups in total. The molecule has 0 atom stereocenters. The van der Waals surface area contributed by atoms with E-state index in [0.717, 1.165) is 12.1 Å². The van der Waals surface area contributed by atoms with Crippen LogP contribution in [0.3, 0.4) is 0 Å². The van der Waals surface area contributed by atoms with Crippen molar-refractivity contribution >= 4 is 32.3 Å². The largest absolute Gasteiger partial charge is 0.497 e. The number of benzene rings is 2. The molecule has 3 aromatic rings. The van der Waals surface area contributed by atoms with Gasteiger partial charge in [-0.3, -0.25) is 0 Å². The highest BCUT2D eigenvalue weighted by atomic mass is 35.5. The average Bonchev–Trinajstić information content (AvgIpc) is 2.96. The van der Waals surface area contributed by atoms with Crippen LogP contribution in [0.5, 0.6) is 5.75 Å². The van der Waals surface area contributed by atoms with Crippen LogP contribution in [-0.2, 0) is 15.6 Å². The predicted molar refractivity (Wildman–Crippen MR) is 87.1 cm³/mol. The third kappa shape index (κ3) is 2.97. The van der Waals surface area contributed by atoms with E-state index in [4.69, 9.17) is 16.3 Å². The second-order valence-electron chi connectivity index (χ2n) is 5.18. The van der Waals surface area contributed by atoms with Gasteiger partial charge in [-0.2, -0.15) is 0 Å². The van der Waals surface area contributed by atoms with Gasteiger partial charge in [0.1, 0.15) is 17.4 Å². The van der Waals surface area contributed by atoms with Gasteiger partial charge in [0.05, 0.1) is 28.3 Å². The van der Waals surface area contributed by atoms with E-state index >= 15 is 0 Å². The van der Waals surface area contributed by atoms with E-state index in [1.54, 1.807) is 18.2 Å². The molecule has 4 nitrogen and oxygen atoms in total. The monoisotopic (exact) mass is 371 g/mol. The third-order valence-electron chi connectivity index (χ3n) is 3.62. The summed E-state index contributed by atoms with van der Waals surface area (Å²) in [5.74, 6) is -1.84. The van der Waals surface area contributed by atoms with Gasteiger partial charge in [-0.15, -0.1) is 0 Å². The molecule has 0 amide bonds. The molecule has 126 valence electrons. The quantitative estimate of drug-likeness (QED) is 0.703. The van der Waals surface area contributed by atoms with E-state index in [9.17, 15) is 17.2 Å². The molecule has 0 aliphatic rings. The summed E-state index contributed by atoms with van der Waals surface area (Å²) >= 11 is 5.48. The number of aromatic amines is 1. The van der Waals surface area contributed by atoms with Crippen LogP contribution in [0.4, 0.5) is 8.78 Å². The van der Waals surface area contributed by atoms with Gasteiger partial charge in [-0.25, -0.2) is 17.2 Å². The Hall–Kier alpha value is -2.12. The first-order chi connectivity index (χ1) is 11.3. The molecular weight excluding hydrogens is 360 g/mol. The average molecular weight is 372 g/mol. The lowest BCUT2D eigenvalue weighted by molar-refractivity contribution is 0.415. The number of aromatic nitrogens is 1. The van der Waals surface area contributed by atoms with Crippen molar-refractivity contribution in [2.75, 3.05) is 7.11 Å². The molecule has 0 fully saturated rings. The predicted octanol–water partition coefficient (Wildman–Crippen LogP) is 4.08. The molecule has 24 heavy (non-hydrogen) atoms. The number of hydrogen-bond acceptors (Lipinski definition) is 3. The number of H-pyrrole nitrogens is 1. The van der Waals surface area contributed by atoms with Gasteiger partial charge in [-0.1, -0.05) is 11.6 Å². The Kier molecular flexibility index (Phi) is 4.23. The molecule has 0 unspecified atom stereocenters. The summed E-state index contributed by atoms with van der Waals surface area (Å²) in [5, 5.41) is 0.0541. The topological polar surface area (TPSA) is 59.2 Å². The normalized spacial score (nSPS) is 11.8. The van der Waals surface area contributed by atoms with Gasteiger partial charge >= 0.3 is 0 Å². The molecule has 1 heterocycles. The molecule has 8 heteroatoms. The van der Waals surface area contributed by atoms with Crippen LogP contribution >= 0.6 is 11.6 Å². The van der Waals surface area contributed by atoms with Crippen LogP contribution in [0.25, 0.3) is 10.9 Å². The fraction of sp³-hybridized carbons (Fsp3) is 0.125. The number of rotatable bonds is 4. The number of methoxy groups -OCH3 is 1. The summed E-state index contributed by atoms with van der Waals surface area (Å²) in [4.78, 5) is 2.85. The number of nitrogens with one attached hydrogen (secondary N) is 1. The molecule has 2 aromatic carbocycles. The molecular formula is C16H12ClF2NO3S. The maximum absolute atomic E-state index is 13.9. The van der Waals surface area contributed by atoms with E-state index < -0.39 is 32.2 Å². The number of halogens is 3. The maximum atomic E-state index is 13.9. The van der Waals surface area contributed by atoms with E-state index in [1.807, 2.05) is 0 Å². The van der Waals surface area contributed by atoms with Crippen LogP contribution in [0.15, 0.2) is 41.4 Å². The highest BCUT2D eigenvalue weighted by molar-refractivity contribution is 7.90. The number of ether oxygens (including phenoxy) is 1. The zero-order valence-electron chi connectivity index (χ0n) is 12.4. The minimum Gasteiger partial charge on any atom is -0.497 e. The van der Waals surface area contributed by atoms with Crippen LogP contribution in [0, 0.1) is 11.6 Å². The van der Waals surface area contributed by atoms with Crippen LogP contribution in [0.2, 0.25) is 5.02 Å². The Balaban J connectivity index is 2.04. The Bertz CT molecular complexity index is 1030. The molecule has 1 aromatic heterocycles. The zero-order valence-corrected chi connectivity index (χ0v) is 14.0. The van der Waals surface area contributed by atoms with Gasteiger partial charge in [0.25, 0.3) is 0 Å². The van der Waals surface area contributed by atoms with Gasteiger partial charge in [0.15, 0.2) is 9.84 Å². The molecule has 0 aliphatic heterocycles. The number of fused-ring (bicyclic) bond motifs is 1. The van der Waals surface area contributed by atoms with Crippen LogP contribution in [0.1, 0.15) is 5.56 Å². The highest BCUT2D eigenvalue weighted by Crippen LogP contribution is 2.29. The second-order valence-corrected chi connectivity index (χ2v) is 7.55. The number of hydrogen-bond donors (Lipinski definition) is 1. The standard InChI is InChI=1S/C16H12ClF2NO3S/c1-23-10-2-3-11-15(5-10)20-7-16(11)24(21,22)8-9-4-14(19)12(17)6-13(9)18/h2-7,20H,8H2,1H3. The fourth-order valence-corrected chi connectivity index (χ4v) is 4.11. The first kappa shape index (κ1) is 16.7. The minimum absolute atomic E-state index is 0.00918. The SMILES string of the molecule is COc1ccc2c(S(=O)(=O)Cc3cc(F)c(Cl)cc3F)c[nH]c2c1. The van der Waals surface area contributed by atoms with E-state index in [1.165, 1.54) is 13.3 Å². The summed E-state index contributed by atoms with van der Waals surface area (Å²) in [7, 11) is -2.39. The van der Waals surface area contributed by atoms with Crippen molar-refractivity contribution in [1.82, 2.24) is 4.98 Å². The fourth-order valence-electron chi connectivity index (χ4n) is 2.42. The van der Waals surface area contributed by atoms with Crippen molar-refractivity contribution in [3.05, 3.63) is 58.7 Å². The Labute approximate surface area is 141 Å². The second kappa shape index (κ2) is 6.07. The van der Waals surface area contributed by atoms with Crippen molar-refractivity contribution < 1.29 is 21.9 Å². The molecule has 3 rings (SSSR count).